The normalized spacial score (nSPS) is 11.3. The van der Waals surface area contributed by atoms with Gasteiger partial charge in [-0.3, -0.25) is 4.79 Å². The Morgan fingerprint density at radius 1 is 1.12 bits per heavy atom. The lowest BCUT2D eigenvalue weighted by Crippen LogP contribution is -2.23. The molecule has 0 atom stereocenters. The first kappa shape index (κ1) is 17.8. The topological polar surface area (TPSA) is 93.1 Å². The third-order valence-electron chi connectivity index (χ3n) is 3.60. The molecule has 0 radical (unpaired) electrons. The first-order chi connectivity index (χ1) is 12.5. The van der Waals surface area contributed by atoms with Gasteiger partial charge in [-0.2, -0.15) is 5.10 Å². The summed E-state index contributed by atoms with van der Waals surface area (Å²) >= 11 is 0. The van der Waals surface area contributed by atoms with Crippen molar-refractivity contribution in [3.8, 4) is 5.69 Å². The molecule has 0 fully saturated rings. The number of hydrogen-bond donors (Lipinski definition) is 2. The third kappa shape index (κ3) is 3.98. The molecule has 0 saturated heterocycles. The van der Waals surface area contributed by atoms with Crippen molar-refractivity contribution in [3.63, 3.8) is 0 Å². The highest BCUT2D eigenvalue weighted by atomic mass is 32.2. The molecule has 26 heavy (non-hydrogen) atoms. The summed E-state index contributed by atoms with van der Waals surface area (Å²) in [6, 6.07) is 15.4. The number of nitrogens with zero attached hydrogens (tertiary/aromatic N) is 2. The van der Waals surface area contributed by atoms with Crippen LogP contribution < -0.4 is 10.0 Å². The van der Waals surface area contributed by atoms with Gasteiger partial charge in [0.2, 0.25) is 10.0 Å². The van der Waals surface area contributed by atoms with Crippen LogP contribution in [0.1, 0.15) is 17.3 Å². The summed E-state index contributed by atoms with van der Waals surface area (Å²) in [6.45, 7) is 1.97. The first-order valence-electron chi connectivity index (χ1n) is 8.01. The van der Waals surface area contributed by atoms with Gasteiger partial charge < -0.3 is 5.32 Å². The molecule has 0 aliphatic heterocycles. The second kappa shape index (κ2) is 7.51. The number of carbonyl (C=O) groups is 1. The van der Waals surface area contributed by atoms with E-state index in [1.165, 1.54) is 24.4 Å². The maximum atomic E-state index is 12.4. The number of rotatable bonds is 6. The zero-order chi connectivity index (χ0) is 18.6. The van der Waals surface area contributed by atoms with Gasteiger partial charge in [0, 0.05) is 12.1 Å². The number of anilines is 1. The van der Waals surface area contributed by atoms with Crippen molar-refractivity contribution in [1.82, 2.24) is 14.5 Å². The number of hydrogen-bond acceptors (Lipinski definition) is 4. The van der Waals surface area contributed by atoms with Gasteiger partial charge in [0.15, 0.2) is 0 Å². The number of nitrogens with one attached hydrogen (secondary N) is 2. The molecule has 7 nitrogen and oxygen atoms in total. The van der Waals surface area contributed by atoms with E-state index < -0.39 is 15.9 Å². The van der Waals surface area contributed by atoms with E-state index in [1.807, 2.05) is 30.3 Å². The molecule has 134 valence electrons. The molecule has 1 heterocycles. The van der Waals surface area contributed by atoms with Crippen LogP contribution in [0, 0.1) is 0 Å². The Kier molecular flexibility index (Phi) is 5.15. The lowest BCUT2D eigenvalue weighted by Gasteiger charge is -2.07. The average molecular weight is 370 g/mol. The maximum absolute atomic E-state index is 12.4. The molecule has 8 heteroatoms. The van der Waals surface area contributed by atoms with Crippen LogP contribution in [-0.2, 0) is 10.0 Å². The zero-order valence-corrected chi connectivity index (χ0v) is 14.9. The molecule has 2 aromatic carbocycles. The van der Waals surface area contributed by atoms with Crippen molar-refractivity contribution < 1.29 is 13.2 Å². The van der Waals surface area contributed by atoms with Crippen molar-refractivity contribution in [1.29, 1.82) is 0 Å². The van der Waals surface area contributed by atoms with E-state index >= 15 is 0 Å². The third-order valence-corrected chi connectivity index (χ3v) is 5.15. The minimum absolute atomic E-state index is 0.0481. The van der Waals surface area contributed by atoms with Crippen LogP contribution in [0.2, 0.25) is 0 Å². The molecular weight excluding hydrogens is 352 g/mol. The largest absolute Gasteiger partial charge is 0.319 e. The molecule has 0 aliphatic rings. The van der Waals surface area contributed by atoms with Crippen LogP contribution in [0.5, 0.6) is 0 Å². The van der Waals surface area contributed by atoms with E-state index in [2.05, 4.69) is 15.1 Å². The maximum Gasteiger partial charge on any atom is 0.255 e. The van der Waals surface area contributed by atoms with E-state index in [0.29, 0.717) is 5.69 Å². The molecule has 3 rings (SSSR count). The van der Waals surface area contributed by atoms with E-state index in [4.69, 9.17) is 0 Å². The number of para-hydroxylation sites is 1. The highest BCUT2D eigenvalue weighted by Gasteiger charge is 2.15. The average Bonchev–Trinajstić information content (AvgIpc) is 3.11. The van der Waals surface area contributed by atoms with Crippen LogP contribution in [0.4, 0.5) is 5.69 Å². The Bertz CT molecular complexity index is 1010. The Morgan fingerprint density at radius 3 is 2.62 bits per heavy atom. The minimum Gasteiger partial charge on any atom is -0.319 e. The summed E-state index contributed by atoms with van der Waals surface area (Å²) in [7, 11) is -3.62. The summed E-state index contributed by atoms with van der Waals surface area (Å²) in [6.07, 6.45) is 3.22. The predicted molar refractivity (Wildman–Crippen MR) is 98.8 cm³/mol. The number of aromatic nitrogens is 2. The van der Waals surface area contributed by atoms with Crippen LogP contribution in [0.25, 0.3) is 5.69 Å². The zero-order valence-electron chi connectivity index (χ0n) is 14.1. The van der Waals surface area contributed by atoms with E-state index in [-0.39, 0.29) is 17.0 Å². The minimum atomic E-state index is -3.62. The molecule has 0 bridgehead atoms. The van der Waals surface area contributed by atoms with Gasteiger partial charge in [-0.05, 0) is 30.3 Å². The molecule has 1 amide bonds. The molecular formula is C18H18N4O3S. The van der Waals surface area contributed by atoms with Gasteiger partial charge in [-0.25, -0.2) is 17.8 Å². The van der Waals surface area contributed by atoms with E-state index in [9.17, 15) is 13.2 Å². The van der Waals surface area contributed by atoms with Gasteiger partial charge in [0.1, 0.15) is 0 Å². The van der Waals surface area contributed by atoms with Gasteiger partial charge >= 0.3 is 0 Å². The second-order valence-corrected chi connectivity index (χ2v) is 7.26. The molecule has 0 aliphatic carbocycles. The Morgan fingerprint density at radius 2 is 1.88 bits per heavy atom. The van der Waals surface area contributed by atoms with Crippen LogP contribution in [-0.4, -0.2) is 30.7 Å². The van der Waals surface area contributed by atoms with E-state index in [0.717, 1.165) is 5.69 Å². The summed E-state index contributed by atoms with van der Waals surface area (Å²) in [5.41, 5.74) is 1.63. The Hall–Kier alpha value is -2.97. The molecule has 2 N–H and O–H groups in total. The fraction of sp³-hybridized carbons (Fsp3) is 0.111. The SMILES string of the molecule is CCNS(=O)(=O)c1cccc(C(=O)Nc2cnn(-c3ccccc3)c2)c1. The molecule has 0 spiro atoms. The monoisotopic (exact) mass is 370 g/mol. The van der Waals surface area contributed by atoms with Crippen molar-refractivity contribution in [3.05, 3.63) is 72.6 Å². The number of benzene rings is 2. The molecule has 0 saturated carbocycles. The second-order valence-electron chi connectivity index (χ2n) is 5.49. The molecule has 3 aromatic rings. The quantitative estimate of drug-likeness (QED) is 0.697. The Labute approximate surface area is 151 Å². The van der Waals surface area contributed by atoms with Gasteiger partial charge in [0.25, 0.3) is 5.91 Å². The fourth-order valence-electron chi connectivity index (χ4n) is 2.39. The van der Waals surface area contributed by atoms with Crippen molar-refractivity contribution >= 4 is 21.6 Å². The van der Waals surface area contributed by atoms with Crippen LogP contribution >= 0.6 is 0 Å². The number of sulfonamides is 1. The fourth-order valence-corrected chi connectivity index (χ4v) is 3.48. The van der Waals surface area contributed by atoms with Gasteiger partial charge in [-0.15, -0.1) is 0 Å². The van der Waals surface area contributed by atoms with Crippen molar-refractivity contribution in [2.24, 2.45) is 0 Å². The summed E-state index contributed by atoms with van der Waals surface area (Å²) < 4.78 is 28.2. The first-order valence-corrected chi connectivity index (χ1v) is 9.49. The predicted octanol–water partition coefficient (Wildman–Crippen LogP) is 2.42. The van der Waals surface area contributed by atoms with Crippen molar-refractivity contribution in [2.75, 3.05) is 11.9 Å². The van der Waals surface area contributed by atoms with Crippen molar-refractivity contribution in [2.45, 2.75) is 11.8 Å². The van der Waals surface area contributed by atoms with Crippen LogP contribution in [0.15, 0.2) is 71.9 Å². The van der Waals surface area contributed by atoms with Gasteiger partial charge in [0.05, 0.1) is 28.7 Å². The highest BCUT2D eigenvalue weighted by Crippen LogP contribution is 2.15. The Balaban J connectivity index is 1.78. The highest BCUT2D eigenvalue weighted by molar-refractivity contribution is 7.89. The summed E-state index contributed by atoms with van der Waals surface area (Å²) in [4.78, 5) is 12.5. The smallest absolute Gasteiger partial charge is 0.255 e. The standard InChI is InChI=1S/C18H18N4O3S/c1-2-20-26(24,25)17-10-6-7-14(11-17)18(23)21-15-12-19-22(13-15)16-8-4-3-5-9-16/h3-13,20H,2H2,1H3,(H,21,23). The summed E-state index contributed by atoms with van der Waals surface area (Å²) in [5, 5.41) is 6.93. The van der Waals surface area contributed by atoms with E-state index in [1.54, 1.807) is 23.9 Å². The molecule has 0 unspecified atom stereocenters. The number of amides is 1. The lowest BCUT2D eigenvalue weighted by atomic mass is 10.2. The summed E-state index contributed by atoms with van der Waals surface area (Å²) in [5.74, 6) is -0.411. The lowest BCUT2D eigenvalue weighted by molar-refractivity contribution is 0.102. The van der Waals surface area contributed by atoms with Crippen LogP contribution in [0.3, 0.4) is 0 Å². The van der Waals surface area contributed by atoms with Gasteiger partial charge in [-0.1, -0.05) is 31.2 Å². The number of carbonyl (C=O) groups excluding carboxylic acids is 1. The molecule has 1 aromatic heterocycles.